The number of nitrogens with zero attached hydrogens (tertiary/aromatic N) is 3. The molecular weight excluding hydrogens is 351 g/mol. The van der Waals surface area contributed by atoms with Gasteiger partial charge in [0.1, 0.15) is 5.82 Å². The van der Waals surface area contributed by atoms with Crippen molar-refractivity contribution in [1.29, 1.82) is 0 Å². The molecule has 1 heterocycles. The first kappa shape index (κ1) is 14.4. The monoisotopic (exact) mass is 360 g/mol. The zero-order valence-corrected chi connectivity index (χ0v) is 12.8. The molecule has 1 aromatic heterocycles. The molecule has 0 radical (unpaired) electrons. The van der Waals surface area contributed by atoms with Crippen molar-refractivity contribution >= 4 is 27.5 Å². The predicted molar refractivity (Wildman–Crippen MR) is 83.4 cm³/mol. The van der Waals surface area contributed by atoms with E-state index in [4.69, 9.17) is 0 Å². The van der Waals surface area contributed by atoms with E-state index in [2.05, 4.69) is 31.6 Å². The van der Waals surface area contributed by atoms with E-state index in [0.717, 1.165) is 10.2 Å². The van der Waals surface area contributed by atoms with Gasteiger partial charge in [0.2, 0.25) is 0 Å². The largest absolute Gasteiger partial charge is 0.318 e. The van der Waals surface area contributed by atoms with Gasteiger partial charge in [0.25, 0.3) is 5.91 Å². The molecule has 1 amide bonds. The lowest BCUT2D eigenvalue weighted by molar-refractivity contribution is 0.102. The van der Waals surface area contributed by atoms with Gasteiger partial charge in [-0.2, -0.15) is 0 Å². The van der Waals surface area contributed by atoms with Gasteiger partial charge in [0, 0.05) is 4.47 Å². The molecule has 3 aromatic rings. The molecule has 3 rings (SSSR count). The lowest BCUT2D eigenvalue weighted by Crippen LogP contribution is -2.13. The van der Waals surface area contributed by atoms with Crippen LogP contribution in [-0.2, 0) is 0 Å². The van der Waals surface area contributed by atoms with Crippen LogP contribution in [0.25, 0.3) is 5.69 Å². The highest BCUT2D eigenvalue weighted by Gasteiger charge is 2.13. The highest BCUT2D eigenvalue weighted by Crippen LogP contribution is 2.15. The van der Waals surface area contributed by atoms with Gasteiger partial charge >= 0.3 is 0 Å². The fourth-order valence-electron chi connectivity index (χ4n) is 1.84. The van der Waals surface area contributed by atoms with E-state index in [0.29, 0.717) is 0 Å². The van der Waals surface area contributed by atoms with Crippen LogP contribution in [0.3, 0.4) is 0 Å². The maximum Gasteiger partial charge on any atom is 0.277 e. The molecule has 5 nitrogen and oxygen atoms in total. The van der Waals surface area contributed by atoms with Crippen molar-refractivity contribution in [3.05, 3.63) is 70.7 Å². The third-order valence-corrected chi connectivity index (χ3v) is 3.47. The normalized spacial score (nSPS) is 10.5. The quantitative estimate of drug-likeness (QED) is 0.778. The topological polar surface area (TPSA) is 59.8 Å². The van der Waals surface area contributed by atoms with Crippen molar-refractivity contribution in [3.8, 4) is 5.69 Å². The van der Waals surface area contributed by atoms with E-state index in [1.54, 1.807) is 12.1 Å². The Bertz CT molecular complexity index is 816. The lowest BCUT2D eigenvalue weighted by atomic mass is 10.3. The molecule has 0 saturated heterocycles. The summed E-state index contributed by atoms with van der Waals surface area (Å²) in [5, 5.41) is 10.2. The number of carbonyl (C=O) groups is 1. The van der Waals surface area contributed by atoms with Crippen molar-refractivity contribution in [3.63, 3.8) is 0 Å². The number of hydrogen-bond donors (Lipinski definition) is 1. The van der Waals surface area contributed by atoms with Gasteiger partial charge in [-0.3, -0.25) is 4.79 Å². The van der Waals surface area contributed by atoms with Gasteiger partial charge < -0.3 is 5.32 Å². The minimum absolute atomic E-state index is 0.102. The summed E-state index contributed by atoms with van der Waals surface area (Å²) >= 11 is 3.35. The van der Waals surface area contributed by atoms with Gasteiger partial charge in [-0.1, -0.05) is 33.3 Å². The Morgan fingerprint density at radius 3 is 2.59 bits per heavy atom. The molecule has 0 spiro atoms. The molecule has 0 unspecified atom stereocenters. The number of carbonyl (C=O) groups excluding carboxylic acids is 1. The Balaban J connectivity index is 1.80. The number of hydrogen-bond acceptors (Lipinski definition) is 3. The summed E-state index contributed by atoms with van der Waals surface area (Å²) in [5.41, 5.74) is 0.970. The van der Waals surface area contributed by atoms with Crippen LogP contribution in [-0.4, -0.2) is 20.9 Å². The van der Waals surface area contributed by atoms with Crippen LogP contribution < -0.4 is 5.32 Å². The summed E-state index contributed by atoms with van der Waals surface area (Å²) in [6, 6.07) is 13.3. The Kier molecular flexibility index (Phi) is 3.97. The molecule has 0 atom stereocenters. The number of para-hydroxylation sites is 1. The second-order valence-corrected chi connectivity index (χ2v) is 5.37. The predicted octanol–water partition coefficient (Wildman–Crippen LogP) is 3.42. The van der Waals surface area contributed by atoms with Crippen molar-refractivity contribution in [1.82, 2.24) is 15.0 Å². The molecule has 1 N–H and O–H groups in total. The summed E-state index contributed by atoms with van der Waals surface area (Å²) in [6.45, 7) is 0. The molecule has 2 aromatic carbocycles. The zero-order chi connectivity index (χ0) is 15.5. The number of halogens is 2. The van der Waals surface area contributed by atoms with E-state index in [1.807, 2.05) is 24.3 Å². The van der Waals surface area contributed by atoms with E-state index in [-0.39, 0.29) is 11.4 Å². The second kappa shape index (κ2) is 6.07. The van der Waals surface area contributed by atoms with Gasteiger partial charge in [-0.15, -0.1) is 5.10 Å². The van der Waals surface area contributed by atoms with Crippen LogP contribution in [0.15, 0.2) is 59.2 Å². The number of benzene rings is 2. The first-order valence-corrected chi connectivity index (χ1v) is 7.17. The number of aromatic nitrogens is 3. The van der Waals surface area contributed by atoms with E-state index >= 15 is 0 Å². The highest BCUT2D eigenvalue weighted by molar-refractivity contribution is 9.10. The number of anilines is 1. The van der Waals surface area contributed by atoms with Crippen molar-refractivity contribution in [2.45, 2.75) is 0 Å². The minimum atomic E-state index is -0.520. The Morgan fingerprint density at radius 1 is 1.14 bits per heavy atom. The Morgan fingerprint density at radius 2 is 1.86 bits per heavy atom. The summed E-state index contributed by atoms with van der Waals surface area (Å²) < 4.78 is 15.9. The molecule has 0 aliphatic carbocycles. The highest BCUT2D eigenvalue weighted by atomic mass is 79.9. The van der Waals surface area contributed by atoms with Gasteiger partial charge in [0.05, 0.1) is 17.6 Å². The fraction of sp³-hybridized carbons (Fsp3) is 0. The summed E-state index contributed by atoms with van der Waals surface area (Å²) in [7, 11) is 0. The lowest BCUT2D eigenvalue weighted by Gasteiger charge is -2.03. The maximum atomic E-state index is 13.5. The second-order valence-electron chi connectivity index (χ2n) is 4.46. The first-order valence-electron chi connectivity index (χ1n) is 6.37. The summed E-state index contributed by atoms with van der Waals surface area (Å²) in [5.74, 6) is -1.02. The third-order valence-electron chi connectivity index (χ3n) is 2.94. The molecule has 7 heteroatoms. The zero-order valence-electron chi connectivity index (χ0n) is 11.2. The van der Waals surface area contributed by atoms with Crippen LogP contribution in [0, 0.1) is 5.82 Å². The van der Waals surface area contributed by atoms with Crippen LogP contribution in [0.1, 0.15) is 10.5 Å². The molecule has 22 heavy (non-hydrogen) atoms. The fourth-order valence-corrected chi connectivity index (χ4v) is 2.10. The van der Waals surface area contributed by atoms with E-state index in [9.17, 15) is 9.18 Å². The summed E-state index contributed by atoms with van der Waals surface area (Å²) in [6.07, 6.45) is 1.49. The molecule has 0 saturated carbocycles. The van der Waals surface area contributed by atoms with Crippen LogP contribution >= 0.6 is 15.9 Å². The van der Waals surface area contributed by atoms with Crippen molar-refractivity contribution < 1.29 is 9.18 Å². The van der Waals surface area contributed by atoms with Crippen molar-refractivity contribution in [2.24, 2.45) is 0 Å². The molecule has 0 aliphatic rings. The number of nitrogens with one attached hydrogen (secondary N) is 1. The SMILES string of the molecule is O=C(Nc1ccccc1F)c1cn(-c2ccc(Br)cc2)nn1. The number of amides is 1. The molecular formula is C15H10BrFN4O. The van der Waals surface area contributed by atoms with Crippen LogP contribution in [0.5, 0.6) is 0 Å². The van der Waals surface area contributed by atoms with Crippen LogP contribution in [0.2, 0.25) is 0 Å². The third kappa shape index (κ3) is 3.04. The average Bonchev–Trinajstić information content (AvgIpc) is 3.00. The van der Waals surface area contributed by atoms with Gasteiger partial charge in [-0.05, 0) is 36.4 Å². The number of rotatable bonds is 3. The first-order chi connectivity index (χ1) is 10.6. The standard InChI is InChI=1S/C15H10BrFN4O/c16-10-5-7-11(8-6-10)21-9-14(19-20-21)15(22)18-13-4-2-1-3-12(13)17/h1-9H,(H,18,22). The maximum absolute atomic E-state index is 13.5. The summed E-state index contributed by atoms with van der Waals surface area (Å²) in [4.78, 5) is 12.1. The molecule has 0 aliphatic heterocycles. The van der Waals surface area contributed by atoms with E-state index in [1.165, 1.54) is 23.0 Å². The van der Waals surface area contributed by atoms with E-state index < -0.39 is 11.7 Å². The van der Waals surface area contributed by atoms with Gasteiger partial charge in [0.15, 0.2) is 5.69 Å². The Hall–Kier alpha value is -2.54. The molecule has 0 bridgehead atoms. The molecule has 110 valence electrons. The van der Waals surface area contributed by atoms with Crippen LogP contribution in [0.4, 0.5) is 10.1 Å². The minimum Gasteiger partial charge on any atom is -0.318 e. The smallest absolute Gasteiger partial charge is 0.277 e. The molecule has 0 fully saturated rings. The average molecular weight is 361 g/mol. The van der Waals surface area contributed by atoms with Crippen molar-refractivity contribution in [2.75, 3.05) is 5.32 Å². The van der Waals surface area contributed by atoms with Gasteiger partial charge in [-0.25, -0.2) is 9.07 Å². The Labute approximate surface area is 133 Å².